The summed E-state index contributed by atoms with van der Waals surface area (Å²) in [4.78, 5) is 0.237. The Morgan fingerprint density at radius 1 is 1.05 bits per heavy atom. The monoisotopic (exact) mass is 277 g/mol. The molecule has 0 heterocycles. The van der Waals surface area contributed by atoms with Gasteiger partial charge in [0.25, 0.3) is 10.0 Å². The number of phenolic OH excluding ortho intramolecular Hbond substituents is 1. The van der Waals surface area contributed by atoms with E-state index in [1.54, 1.807) is 36.4 Å². The van der Waals surface area contributed by atoms with Crippen molar-refractivity contribution in [3.63, 3.8) is 0 Å². The molecule has 2 aromatic carbocycles. The lowest BCUT2D eigenvalue weighted by Gasteiger charge is -2.12. The number of phenols is 1. The zero-order valence-corrected chi connectivity index (χ0v) is 11.3. The van der Waals surface area contributed by atoms with E-state index in [-0.39, 0.29) is 16.3 Å². The number of para-hydroxylation sites is 2. The molecule has 0 fully saturated rings. The van der Waals surface area contributed by atoms with Gasteiger partial charge >= 0.3 is 0 Å². The van der Waals surface area contributed by atoms with Gasteiger partial charge in [0.2, 0.25) is 0 Å². The molecule has 0 atom stereocenters. The Labute approximate surface area is 112 Å². The molecule has 2 aromatic rings. The number of nitrogens with one attached hydrogen (secondary N) is 1. The molecule has 0 unspecified atom stereocenters. The van der Waals surface area contributed by atoms with Gasteiger partial charge in [-0.3, -0.25) is 4.72 Å². The van der Waals surface area contributed by atoms with E-state index in [1.165, 1.54) is 12.1 Å². The summed E-state index contributed by atoms with van der Waals surface area (Å²) in [5, 5.41) is 9.62. The minimum Gasteiger partial charge on any atom is -0.506 e. The van der Waals surface area contributed by atoms with Crippen LogP contribution in [0, 0.1) is 0 Å². The predicted octanol–water partition coefficient (Wildman–Crippen LogP) is 2.76. The maximum Gasteiger partial charge on any atom is 0.262 e. The lowest BCUT2D eigenvalue weighted by atomic mass is 10.2. The second-order valence-electron chi connectivity index (χ2n) is 4.08. The Hall–Kier alpha value is -2.01. The molecule has 0 bridgehead atoms. The summed E-state index contributed by atoms with van der Waals surface area (Å²) in [5.74, 6) is -0.0972. The van der Waals surface area contributed by atoms with Crippen molar-refractivity contribution in [2.45, 2.75) is 18.2 Å². The SMILES string of the molecule is CCc1ccccc1S(=O)(=O)Nc1ccccc1O. The summed E-state index contributed by atoms with van der Waals surface area (Å²) in [6.45, 7) is 1.90. The molecule has 0 saturated carbocycles. The molecule has 0 radical (unpaired) electrons. The van der Waals surface area contributed by atoms with Gasteiger partial charge in [-0.15, -0.1) is 0 Å². The molecular formula is C14H15NO3S. The quantitative estimate of drug-likeness (QED) is 0.844. The number of sulfonamides is 1. The van der Waals surface area contributed by atoms with Gasteiger partial charge in [0.05, 0.1) is 10.6 Å². The molecule has 2 N–H and O–H groups in total. The average Bonchev–Trinajstić information content (AvgIpc) is 2.41. The van der Waals surface area contributed by atoms with Gasteiger partial charge in [0.15, 0.2) is 0 Å². The first-order chi connectivity index (χ1) is 9.04. The maximum atomic E-state index is 12.3. The van der Waals surface area contributed by atoms with E-state index in [1.807, 2.05) is 6.92 Å². The number of hydrogen-bond acceptors (Lipinski definition) is 3. The Bertz CT molecular complexity index is 681. The lowest BCUT2D eigenvalue weighted by Crippen LogP contribution is -2.14. The third-order valence-corrected chi connectivity index (χ3v) is 4.26. The van der Waals surface area contributed by atoms with E-state index < -0.39 is 10.0 Å². The van der Waals surface area contributed by atoms with Crippen LogP contribution in [0.15, 0.2) is 53.4 Å². The summed E-state index contributed by atoms with van der Waals surface area (Å²) in [5.41, 5.74) is 0.916. The van der Waals surface area contributed by atoms with Crippen molar-refractivity contribution in [1.82, 2.24) is 0 Å². The highest BCUT2D eigenvalue weighted by molar-refractivity contribution is 7.92. The molecule has 0 aromatic heterocycles. The Kier molecular flexibility index (Phi) is 3.76. The maximum absolute atomic E-state index is 12.3. The zero-order chi connectivity index (χ0) is 13.9. The largest absolute Gasteiger partial charge is 0.506 e. The molecule has 5 heteroatoms. The van der Waals surface area contributed by atoms with Crippen LogP contribution in [-0.2, 0) is 16.4 Å². The molecule has 0 amide bonds. The van der Waals surface area contributed by atoms with Crippen molar-refractivity contribution in [3.8, 4) is 5.75 Å². The highest BCUT2D eigenvalue weighted by atomic mass is 32.2. The van der Waals surface area contributed by atoms with Gasteiger partial charge in [0, 0.05) is 0 Å². The normalized spacial score (nSPS) is 11.2. The molecule has 0 spiro atoms. The van der Waals surface area contributed by atoms with Gasteiger partial charge in [0.1, 0.15) is 5.75 Å². The fourth-order valence-corrected chi connectivity index (χ4v) is 3.21. The number of hydrogen-bond donors (Lipinski definition) is 2. The highest BCUT2D eigenvalue weighted by Crippen LogP contribution is 2.26. The van der Waals surface area contributed by atoms with Crippen molar-refractivity contribution in [3.05, 3.63) is 54.1 Å². The molecule has 0 aliphatic rings. The van der Waals surface area contributed by atoms with Crippen LogP contribution in [0.5, 0.6) is 5.75 Å². The molecule has 19 heavy (non-hydrogen) atoms. The molecule has 4 nitrogen and oxygen atoms in total. The summed E-state index contributed by atoms with van der Waals surface area (Å²) in [6, 6.07) is 13.1. The number of aromatic hydroxyl groups is 1. The summed E-state index contributed by atoms with van der Waals surface area (Å²) >= 11 is 0. The first kappa shape index (κ1) is 13.4. The van der Waals surface area contributed by atoms with Crippen molar-refractivity contribution in [2.24, 2.45) is 0 Å². The fourth-order valence-electron chi connectivity index (χ4n) is 1.82. The van der Waals surface area contributed by atoms with E-state index >= 15 is 0 Å². The summed E-state index contributed by atoms with van der Waals surface area (Å²) in [6.07, 6.45) is 0.623. The second kappa shape index (κ2) is 5.32. The minimum absolute atomic E-state index is 0.0972. The standard InChI is InChI=1S/C14H15NO3S/c1-2-11-7-3-6-10-14(11)19(17,18)15-12-8-4-5-9-13(12)16/h3-10,15-16H,2H2,1H3. The van der Waals surface area contributed by atoms with E-state index in [0.29, 0.717) is 6.42 Å². The van der Waals surface area contributed by atoms with E-state index in [0.717, 1.165) is 5.56 Å². The third-order valence-electron chi connectivity index (χ3n) is 2.79. The van der Waals surface area contributed by atoms with Crippen molar-refractivity contribution in [1.29, 1.82) is 0 Å². The molecule has 0 aliphatic carbocycles. The van der Waals surface area contributed by atoms with Crippen LogP contribution < -0.4 is 4.72 Å². The van der Waals surface area contributed by atoms with Crippen LogP contribution in [-0.4, -0.2) is 13.5 Å². The Morgan fingerprint density at radius 2 is 1.68 bits per heavy atom. The van der Waals surface area contributed by atoms with Crippen LogP contribution in [0.25, 0.3) is 0 Å². The first-order valence-corrected chi connectivity index (χ1v) is 7.41. The zero-order valence-electron chi connectivity index (χ0n) is 10.5. The van der Waals surface area contributed by atoms with Gasteiger partial charge in [-0.2, -0.15) is 0 Å². The molecular weight excluding hydrogens is 262 g/mol. The minimum atomic E-state index is -3.69. The van der Waals surface area contributed by atoms with Gasteiger partial charge in [-0.05, 0) is 30.2 Å². The number of rotatable bonds is 4. The number of aryl methyl sites for hydroxylation is 1. The van der Waals surface area contributed by atoms with Gasteiger partial charge < -0.3 is 5.11 Å². The van der Waals surface area contributed by atoms with Crippen LogP contribution in [0.3, 0.4) is 0 Å². The lowest BCUT2D eigenvalue weighted by molar-refractivity contribution is 0.477. The van der Waals surface area contributed by atoms with Crippen LogP contribution >= 0.6 is 0 Å². The predicted molar refractivity (Wildman–Crippen MR) is 74.7 cm³/mol. The topological polar surface area (TPSA) is 66.4 Å². The van der Waals surface area contributed by atoms with E-state index in [9.17, 15) is 13.5 Å². The van der Waals surface area contributed by atoms with Crippen molar-refractivity contribution in [2.75, 3.05) is 4.72 Å². The fraction of sp³-hybridized carbons (Fsp3) is 0.143. The second-order valence-corrected chi connectivity index (χ2v) is 5.73. The van der Waals surface area contributed by atoms with Gasteiger partial charge in [-0.1, -0.05) is 37.3 Å². The Balaban J connectivity index is 2.41. The highest BCUT2D eigenvalue weighted by Gasteiger charge is 2.18. The molecule has 100 valence electrons. The van der Waals surface area contributed by atoms with Crippen LogP contribution in [0.2, 0.25) is 0 Å². The molecule has 2 rings (SSSR count). The van der Waals surface area contributed by atoms with Crippen LogP contribution in [0.4, 0.5) is 5.69 Å². The van der Waals surface area contributed by atoms with E-state index in [2.05, 4.69) is 4.72 Å². The number of anilines is 1. The van der Waals surface area contributed by atoms with Crippen LogP contribution in [0.1, 0.15) is 12.5 Å². The smallest absolute Gasteiger partial charge is 0.262 e. The van der Waals surface area contributed by atoms with Gasteiger partial charge in [-0.25, -0.2) is 8.42 Å². The molecule has 0 saturated heterocycles. The third kappa shape index (κ3) is 2.88. The average molecular weight is 277 g/mol. The van der Waals surface area contributed by atoms with Crippen molar-refractivity contribution >= 4 is 15.7 Å². The Morgan fingerprint density at radius 3 is 2.37 bits per heavy atom. The summed E-state index contributed by atoms with van der Waals surface area (Å²) < 4.78 is 27.0. The van der Waals surface area contributed by atoms with E-state index in [4.69, 9.17) is 0 Å². The molecule has 0 aliphatic heterocycles. The summed E-state index contributed by atoms with van der Waals surface area (Å²) in [7, 11) is -3.69. The number of benzene rings is 2. The van der Waals surface area contributed by atoms with Crippen molar-refractivity contribution < 1.29 is 13.5 Å². The first-order valence-electron chi connectivity index (χ1n) is 5.93.